The predicted octanol–water partition coefficient (Wildman–Crippen LogP) is 3.90. The van der Waals surface area contributed by atoms with E-state index in [1.165, 1.54) is 0 Å². The van der Waals surface area contributed by atoms with Crippen LogP contribution in [-0.4, -0.2) is 34.8 Å². The topological polar surface area (TPSA) is 64.4 Å². The molecule has 0 radical (unpaired) electrons. The van der Waals surface area contributed by atoms with Crippen molar-refractivity contribution in [3.8, 4) is 22.9 Å². The standard InChI is InChI=1S/C18H18N4O2S/c1-3-24-15-9-7-13(8-10-15)12-19-22-17(20-21-18(22)25)14-5-4-6-16(11-14)23-2/h4-12H,3H2,1-2H3,(H,21,25)/b19-12-. The Labute approximate surface area is 150 Å². The molecule has 0 spiro atoms. The molecule has 0 saturated heterocycles. The lowest BCUT2D eigenvalue weighted by Gasteiger charge is -2.04. The number of ether oxygens (including phenoxy) is 2. The van der Waals surface area contributed by atoms with Crippen LogP contribution in [0.15, 0.2) is 53.6 Å². The van der Waals surface area contributed by atoms with Gasteiger partial charge in [-0.15, -0.1) is 0 Å². The van der Waals surface area contributed by atoms with Gasteiger partial charge in [-0.3, -0.25) is 0 Å². The Bertz CT molecular complexity index is 929. The van der Waals surface area contributed by atoms with E-state index < -0.39 is 0 Å². The van der Waals surface area contributed by atoms with E-state index in [0.717, 1.165) is 22.6 Å². The van der Waals surface area contributed by atoms with Crippen LogP contribution >= 0.6 is 12.2 Å². The molecule has 0 aliphatic heterocycles. The third-order valence-electron chi connectivity index (χ3n) is 3.49. The summed E-state index contributed by atoms with van der Waals surface area (Å²) in [6.07, 6.45) is 1.73. The van der Waals surface area contributed by atoms with Gasteiger partial charge < -0.3 is 9.47 Å². The Balaban J connectivity index is 1.90. The number of nitrogens with zero attached hydrogens (tertiary/aromatic N) is 3. The first-order chi connectivity index (χ1) is 12.2. The van der Waals surface area contributed by atoms with Crippen LogP contribution in [-0.2, 0) is 0 Å². The number of hydrogen-bond donors (Lipinski definition) is 1. The molecular formula is C18H18N4O2S. The van der Waals surface area contributed by atoms with Gasteiger partial charge in [0.15, 0.2) is 5.82 Å². The van der Waals surface area contributed by atoms with Crippen LogP contribution in [0.3, 0.4) is 0 Å². The van der Waals surface area contributed by atoms with E-state index in [2.05, 4.69) is 15.3 Å². The van der Waals surface area contributed by atoms with Crippen molar-refractivity contribution in [3.63, 3.8) is 0 Å². The summed E-state index contributed by atoms with van der Waals surface area (Å²) < 4.78 is 12.7. The number of methoxy groups -OCH3 is 1. The maximum atomic E-state index is 5.44. The molecule has 1 N–H and O–H groups in total. The summed E-state index contributed by atoms with van der Waals surface area (Å²) >= 11 is 5.28. The fourth-order valence-corrected chi connectivity index (χ4v) is 2.47. The maximum Gasteiger partial charge on any atom is 0.216 e. The molecule has 0 atom stereocenters. The highest BCUT2D eigenvalue weighted by molar-refractivity contribution is 7.71. The second-order valence-electron chi connectivity index (χ2n) is 5.14. The van der Waals surface area contributed by atoms with Crippen molar-refractivity contribution in [3.05, 3.63) is 58.9 Å². The number of hydrogen-bond acceptors (Lipinski definition) is 5. The largest absolute Gasteiger partial charge is 0.497 e. The summed E-state index contributed by atoms with van der Waals surface area (Å²) in [4.78, 5) is 0. The lowest BCUT2D eigenvalue weighted by atomic mass is 10.2. The van der Waals surface area contributed by atoms with Crippen molar-refractivity contribution in [1.29, 1.82) is 0 Å². The SMILES string of the molecule is CCOc1ccc(/C=N\n2c(-c3cccc(OC)c3)n[nH]c2=S)cc1. The molecule has 3 aromatic rings. The highest BCUT2D eigenvalue weighted by Crippen LogP contribution is 2.22. The normalized spacial score (nSPS) is 11.0. The van der Waals surface area contributed by atoms with Crippen molar-refractivity contribution in [2.24, 2.45) is 5.10 Å². The van der Waals surface area contributed by atoms with Crippen LogP contribution in [0.4, 0.5) is 0 Å². The molecule has 1 aromatic heterocycles. The molecule has 0 amide bonds. The molecule has 1 heterocycles. The number of aromatic amines is 1. The Kier molecular flexibility index (Phi) is 5.25. The van der Waals surface area contributed by atoms with Crippen molar-refractivity contribution in [2.75, 3.05) is 13.7 Å². The summed E-state index contributed by atoms with van der Waals surface area (Å²) in [6, 6.07) is 15.3. The van der Waals surface area contributed by atoms with Gasteiger partial charge in [-0.05, 0) is 61.1 Å². The molecule has 0 saturated carbocycles. The number of rotatable bonds is 6. The molecule has 128 valence electrons. The van der Waals surface area contributed by atoms with Gasteiger partial charge in [-0.1, -0.05) is 12.1 Å². The monoisotopic (exact) mass is 354 g/mol. The zero-order valence-corrected chi connectivity index (χ0v) is 14.8. The van der Waals surface area contributed by atoms with E-state index in [1.807, 2.05) is 55.5 Å². The van der Waals surface area contributed by atoms with Crippen LogP contribution in [0.5, 0.6) is 11.5 Å². The number of benzene rings is 2. The third kappa shape index (κ3) is 3.95. The Morgan fingerprint density at radius 2 is 2.00 bits per heavy atom. The van der Waals surface area contributed by atoms with E-state index in [-0.39, 0.29) is 0 Å². The lowest BCUT2D eigenvalue weighted by Crippen LogP contribution is -1.96. The minimum atomic E-state index is 0.417. The second-order valence-corrected chi connectivity index (χ2v) is 5.53. The average molecular weight is 354 g/mol. The first kappa shape index (κ1) is 16.9. The van der Waals surface area contributed by atoms with Crippen molar-refractivity contribution in [1.82, 2.24) is 14.9 Å². The molecule has 0 aliphatic rings. The van der Waals surface area contributed by atoms with Gasteiger partial charge in [-0.25, -0.2) is 5.10 Å². The molecular weight excluding hydrogens is 336 g/mol. The molecule has 2 aromatic carbocycles. The predicted molar refractivity (Wildman–Crippen MR) is 100 cm³/mol. The van der Waals surface area contributed by atoms with Crippen molar-refractivity contribution in [2.45, 2.75) is 6.92 Å². The minimum absolute atomic E-state index is 0.417. The molecule has 0 bridgehead atoms. The number of nitrogens with one attached hydrogen (secondary N) is 1. The first-order valence-electron chi connectivity index (χ1n) is 7.80. The summed E-state index contributed by atoms with van der Waals surface area (Å²) in [6.45, 7) is 2.59. The van der Waals surface area contributed by atoms with Gasteiger partial charge in [0.1, 0.15) is 11.5 Å². The van der Waals surface area contributed by atoms with E-state index in [9.17, 15) is 0 Å². The minimum Gasteiger partial charge on any atom is -0.497 e. The second kappa shape index (κ2) is 7.76. The number of aromatic nitrogens is 3. The zero-order valence-electron chi connectivity index (χ0n) is 14.0. The van der Waals surface area contributed by atoms with Crippen molar-refractivity contribution < 1.29 is 9.47 Å². The van der Waals surface area contributed by atoms with Gasteiger partial charge in [0.05, 0.1) is 19.9 Å². The van der Waals surface area contributed by atoms with Crippen LogP contribution in [0, 0.1) is 4.77 Å². The fraction of sp³-hybridized carbons (Fsp3) is 0.167. The summed E-state index contributed by atoms with van der Waals surface area (Å²) in [5.41, 5.74) is 1.79. The quantitative estimate of drug-likeness (QED) is 0.539. The molecule has 0 aliphatic carbocycles. The van der Waals surface area contributed by atoms with Crippen molar-refractivity contribution >= 4 is 18.4 Å². The van der Waals surface area contributed by atoms with Gasteiger partial charge in [0.25, 0.3) is 0 Å². The van der Waals surface area contributed by atoms with Gasteiger partial charge >= 0.3 is 0 Å². The van der Waals surface area contributed by atoms with E-state index in [1.54, 1.807) is 18.0 Å². The smallest absolute Gasteiger partial charge is 0.216 e. The molecule has 25 heavy (non-hydrogen) atoms. The fourth-order valence-electron chi connectivity index (χ4n) is 2.29. The van der Waals surface area contributed by atoms with E-state index in [0.29, 0.717) is 17.2 Å². The number of H-pyrrole nitrogens is 1. The van der Waals surface area contributed by atoms with E-state index >= 15 is 0 Å². The van der Waals surface area contributed by atoms with Crippen LogP contribution in [0.25, 0.3) is 11.4 Å². The summed E-state index contributed by atoms with van der Waals surface area (Å²) in [7, 11) is 1.63. The van der Waals surface area contributed by atoms with Gasteiger partial charge in [0, 0.05) is 5.56 Å². The Morgan fingerprint density at radius 1 is 1.20 bits per heavy atom. The van der Waals surface area contributed by atoms with E-state index in [4.69, 9.17) is 21.7 Å². The molecule has 6 nitrogen and oxygen atoms in total. The highest BCUT2D eigenvalue weighted by atomic mass is 32.1. The zero-order chi connectivity index (χ0) is 17.6. The van der Waals surface area contributed by atoms with Gasteiger partial charge in [0.2, 0.25) is 4.77 Å². The Hall–Kier alpha value is -2.93. The van der Waals surface area contributed by atoms with Gasteiger partial charge in [-0.2, -0.15) is 14.9 Å². The molecule has 0 unspecified atom stereocenters. The maximum absolute atomic E-state index is 5.44. The first-order valence-corrected chi connectivity index (χ1v) is 8.21. The highest BCUT2D eigenvalue weighted by Gasteiger charge is 2.09. The van der Waals surface area contributed by atoms with Crippen LogP contribution < -0.4 is 9.47 Å². The molecule has 0 fully saturated rings. The molecule has 7 heteroatoms. The summed E-state index contributed by atoms with van der Waals surface area (Å²) in [5, 5.41) is 11.5. The Morgan fingerprint density at radius 3 is 2.72 bits per heavy atom. The average Bonchev–Trinajstić information content (AvgIpc) is 3.02. The van der Waals surface area contributed by atoms with Crippen LogP contribution in [0.2, 0.25) is 0 Å². The summed E-state index contributed by atoms with van der Waals surface area (Å²) in [5.74, 6) is 2.19. The third-order valence-corrected chi connectivity index (χ3v) is 3.76. The lowest BCUT2D eigenvalue weighted by molar-refractivity contribution is 0.340. The van der Waals surface area contributed by atoms with Crippen LogP contribution in [0.1, 0.15) is 12.5 Å². The molecule has 3 rings (SSSR count).